The van der Waals surface area contributed by atoms with E-state index in [0.717, 1.165) is 5.75 Å². The second-order valence-corrected chi connectivity index (χ2v) is 3.80. The molecule has 0 saturated heterocycles. The third-order valence-electron chi connectivity index (χ3n) is 1.55. The lowest BCUT2D eigenvalue weighted by Gasteiger charge is -2.09. The molecule has 0 amide bonds. The van der Waals surface area contributed by atoms with E-state index in [-0.39, 0.29) is 0 Å². The van der Waals surface area contributed by atoms with Gasteiger partial charge in [0.05, 0.1) is 17.3 Å². The van der Waals surface area contributed by atoms with Gasteiger partial charge in [-0.2, -0.15) is 0 Å². The Bertz CT molecular complexity index is 286. The first kappa shape index (κ1) is 10.2. The molecule has 0 bridgehead atoms. The smallest absolute Gasteiger partial charge is 0.121 e. The summed E-state index contributed by atoms with van der Waals surface area (Å²) < 4.78 is 5.46. The number of anilines is 1. The fourth-order valence-corrected chi connectivity index (χ4v) is 0.992. The largest absolute Gasteiger partial charge is 0.493 e. The maximum atomic E-state index is 5.76. The first-order valence-corrected chi connectivity index (χ1v) is 4.65. The van der Waals surface area contributed by atoms with Gasteiger partial charge in [-0.3, -0.25) is 0 Å². The summed E-state index contributed by atoms with van der Waals surface area (Å²) in [6, 6.07) is 5.30. The van der Waals surface area contributed by atoms with Gasteiger partial charge in [-0.25, -0.2) is 0 Å². The van der Waals surface area contributed by atoms with E-state index in [2.05, 4.69) is 13.8 Å². The first-order valence-electron chi connectivity index (χ1n) is 4.27. The zero-order valence-electron chi connectivity index (χ0n) is 7.88. The van der Waals surface area contributed by atoms with Crippen molar-refractivity contribution >= 4 is 17.3 Å². The summed E-state index contributed by atoms with van der Waals surface area (Å²) in [4.78, 5) is 0. The van der Waals surface area contributed by atoms with Crippen molar-refractivity contribution in [3.63, 3.8) is 0 Å². The van der Waals surface area contributed by atoms with E-state index < -0.39 is 0 Å². The lowest BCUT2D eigenvalue weighted by molar-refractivity contribution is 0.271. The minimum Gasteiger partial charge on any atom is -0.493 e. The van der Waals surface area contributed by atoms with Gasteiger partial charge < -0.3 is 10.5 Å². The van der Waals surface area contributed by atoms with Crippen LogP contribution in [0, 0.1) is 5.92 Å². The summed E-state index contributed by atoms with van der Waals surface area (Å²) in [5, 5.41) is 0.567. The van der Waals surface area contributed by atoms with E-state index in [0.29, 0.717) is 23.2 Å². The molecule has 1 aromatic rings. The van der Waals surface area contributed by atoms with Crippen LogP contribution in [0.4, 0.5) is 5.69 Å². The van der Waals surface area contributed by atoms with Crippen molar-refractivity contribution in [3.8, 4) is 5.75 Å². The molecule has 0 aliphatic heterocycles. The Morgan fingerprint density at radius 2 is 2.15 bits per heavy atom. The molecule has 0 heterocycles. The van der Waals surface area contributed by atoms with Gasteiger partial charge >= 0.3 is 0 Å². The Kier molecular flexibility index (Phi) is 3.43. The minimum atomic E-state index is 0.511. The van der Waals surface area contributed by atoms with Crippen molar-refractivity contribution in [1.82, 2.24) is 0 Å². The van der Waals surface area contributed by atoms with Crippen LogP contribution in [-0.4, -0.2) is 6.61 Å². The number of hydrogen-bond acceptors (Lipinski definition) is 2. The molecular formula is C10H14ClNO. The molecule has 0 aliphatic rings. The van der Waals surface area contributed by atoms with Crippen molar-refractivity contribution in [2.75, 3.05) is 12.3 Å². The topological polar surface area (TPSA) is 35.2 Å². The predicted octanol–water partition coefficient (Wildman–Crippen LogP) is 2.96. The van der Waals surface area contributed by atoms with Crippen LogP contribution in [-0.2, 0) is 0 Å². The van der Waals surface area contributed by atoms with Crippen molar-refractivity contribution in [1.29, 1.82) is 0 Å². The fourth-order valence-electron chi connectivity index (χ4n) is 0.875. The van der Waals surface area contributed by atoms with E-state index in [9.17, 15) is 0 Å². The molecule has 1 aromatic carbocycles. The Balaban J connectivity index is 2.63. The molecule has 3 heteroatoms. The highest BCUT2D eigenvalue weighted by molar-refractivity contribution is 6.33. The van der Waals surface area contributed by atoms with Gasteiger partial charge in [0.15, 0.2) is 0 Å². The van der Waals surface area contributed by atoms with Crippen LogP contribution in [0.2, 0.25) is 5.02 Å². The third kappa shape index (κ3) is 3.15. The van der Waals surface area contributed by atoms with Crippen molar-refractivity contribution < 1.29 is 4.74 Å². The maximum Gasteiger partial charge on any atom is 0.121 e. The van der Waals surface area contributed by atoms with Crippen LogP contribution in [0.5, 0.6) is 5.75 Å². The predicted molar refractivity (Wildman–Crippen MR) is 56.2 cm³/mol. The number of ether oxygens (including phenoxy) is 1. The van der Waals surface area contributed by atoms with Crippen LogP contribution < -0.4 is 10.5 Å². The van der Waals surface area contributed by atoms with Gasteiger partial charge in [0.2, 0.25) is 0 Å². The van der Waals surface area contributed by atoms with Crippen LogP contribution in [0.25, 0.3) is 0 Å². The molecule has 0 unspecified atom stereocenters. The molecule has 2 N–H and O–H groups in total. The van der Waals surface area contributed by atoms with Crippen molar-refractivity contribution in [2.45, 2.75) is 13.8 Å². The van der Waals surface area contributed by atoms with E-state index in [1.54, 1.807) is 12.1 Å². The van der Waals surface area contributed by atoms with Gasteiger partial charge in [0.1, 0.15) is 5.75 Å². The fraction of sp³-hybridized carbons (Fsp3) is 0.400. The van der Waals surface area contributed by atoms with Crippen molar-refractivity contribution in [3.05, 3.63) is 23.2 Å². The summed E-state index contributed by atoms with van der Waals surface area (Å²) in [5.74, 6) is 1.28. The van der Waals surface area contributed by atoms with Crippen LogP contribution in [0.3, 0.4) is 0 Å². The molecule has 0 aliphatic carbocycles. The molecule has 1 rings (SSSR count). The summed E-state index contributed by atoms with van der Waals surface area (Å²) in [7, 11) is 0. The molecule has 0 fully saturated rings. The Hall–Kier alpha value is -0.890. The second-order valence-electron chi connectivity index (χ2n) is 3.39. The molecule has 0 atom stereocenters. The number of nitrogen functional groups attached to an aromatic ring is 1. The molecule has 72 valence electrons. The molecular weight excluding hydrogens is 186 g/mol. The minimum absolute atomic E-state index is 0.511. The van der Waals surface area contributed by atoms with E-state index in [1.807, 2.05) is 6.07 Å². The lowest BCUT2D eigenvalue weighted by Crippen LogP contribution is -2.04. The highest BCUT2D eigenvalue weighted by atomic mass is 35.5. The van der Waals surface area contributed by atoms with Gasteiger partial charge in [-0.05, 0) is 18.1 Å². The summed E-state index contributed by atoms with van der Waals surface area (Å²) in [6.45, 7) is 4.89. The Labute approximate surface area is 83.6 Å². The van der Waals surface area contributed by atoms with Crippen molar-refractivity contribution in [2.24, 2.45) is 5.92 Å². The second kappa shape index (κ2) is 4.38. The summed E-state index contributed by atoms with van der Waals surface area (Å²) in [5.41, 5.74) is 6.17. The number of benzene rings is 1. The van der Waals surface area contributed by atoms with Gasteiger partial charge in [0.25, 0.3) is 0 Å². The highest BCUT2D eigenvalue weighted by Crippen LogP contribution is 2.23. The van der Waals surface area contributed by atoms with Gasteiger partial charge in [0, 0.05) is 6.07 Å². The van der Waals surface area contributed by atoms with Gasteiger partial charge in [-0.15, -0.1) is 0 Å². The number of halogens is 1. The molecule has 0 spiro atoms. The monoisotopic (exact) mass is 199 g/mol. The van der Waals surface area contributed by atoms with E-state index in [1.165, 1.54) is 0 Å². The lowest BCUT2D eigenvalue weighted by atomic mass is 10.2. The molecule has 0 saturated carbocycles. The van der Waals surface area contributed by atoms with Gasteiger partial charge in [-0.1, -0.05) is 25.4 Å². The summed E-state index contributed by atoms with van der Waals surface area (Å²) >= 11 is 5.76. The molecule has 0 radical (unpaired) electrons. The zero-order valence-corrected chi connectivity index (χ0v) is 8.64. The van der Waals surface area contributed by atoms with Crippen LogP contribution >= 0.6 is 11.6 Å². The Morgan fingerprint density at radius 3 is 2.69 bits per heavy atom. The standard InChI is InChI=1S/C10H14ClNO/c1-7(2)6-13-8-3-4-9(11)10(12)5-8/h3-5,7H,6,12H2,1-2H3. The quantitative estimate of drug-likeness (QED) is 0.760. The maximum absolute atomic E-state index is 5.76. The highest BCUT2D eigenvalue weighted by Gasteiger charge is 2.00. The van der Waals surface area contributed by atoms with E-state index in [4.69, 9.17) is 22.1 Å². The Morgan fingerprint density at radius 1 is 1.46 bits per heavy atom. The van der Waals surface area contributed by atoms with Crippen LogP contribution in [0.1, 0.15) is 13.8 Å². The normalized spacial score (nSPS) is 10.5. The molecule has 0 aromatic heterocycles. The third-order valence-corrected chi connectivity index (χ3v) is 1.90. The average Bonchev–Trinajstić information content (AvgIpc) is 2.07. The SMILES string of the molecule is CC(C)COc1ccc(Cl)c(N)c1. The number of hydrogen-bond donors (Lipinski definition) is 1. The zero-order chi connectivity index (χ0) is 9.84. The number of nitrogens with two attached hydrogens (primary N) is 1. The van der Waals surface area contributed by atoms with Crippen LogP contribution in [0.15, 0.2) is 18.2 Å². The first-order chi connectivity index (χ1) is 6.09. The summed E-state index contributed by atoms with van der Waals surface area (Å²) in [6.07, 6.45) is 0. The number of rotatable bonds is 3. The molecule has 2 nitrogen and oxygen atoms in total. The average molecular weight is 200 g/mol. The molecule has 13 heavy (non-hydrogen) atoms. The van der Waals surface area contributed by atoms with E-state index >= 15 is 0 Å².